The van der Waals surface area contributed by atoms with Crippen molar-refractivity contribution >= 4 is 11.8 Å². The maximum atomic E-state index is 12.9. The minimum atomic E-state index is -0.665. The lowest BCUT2D eigenvalue weighted by Gasteiger charge is -2.32. The zero-order valence-electron chi connectivity index (χ0n) is 14.1. The summed E-state index contributed by atoms with van der Waals surface area (Å²) in [6.07, 6.45) is 9.14. The molecule has 2 aromatic rings. The third-order valence-electron chi connectivity index (χ3n) is 4.71. The molecule has 0 aliphatic heterocycles. The quantitative estimate of drug-likeness (QED) is 0.435. The molecular formula is C21H22O4. The number of esters is 1. The van der Waals surface area contributed by atoms with Crippen LogP contribution in [0.15, 0.2) is 65.3 Å². The molecule has 0 N–H and O–H groups in total. The summed E-state index contributed by atoms with van der Waals surface area (Å²) in [7, 11) is 0. The fraction of sp³-hybridized carbons (Fsp3) is 0.333. The summed E-state index contributed by atoms with van der Waals surface area (Å²) in [6.45, 7) is 0.225. The molecule has 0 bridgehead atoms. The highest BCUT2D eigenvalue weighted by molar-refractivity contribution is 6.00. The van der Waals surface area contributed by atoms with Crippen LogP contribution in [-0.4, -0.2) is 11.8 Å². The monoisotopic (exact) mass is 338 g/mol. The molecule has 0 saturated heterocycles. The lowest BCUT2D eigenvalue weighted by atomic mass is 9.70. The van der Waals surface area contributed by atoms with Crippen LogP contribution in [0.2, 0.25) is 0 Å². The van der Waals surface area contributed by atoms with Crippen LogP contribution < -0.4 is 0 Å². The average molecular weight is 338 g/mol. The van der Waals surface area contributed by atoms with Crippen molar-refractivity contribution in [2.45, 2.75) is 38.7 Å². The van der Waals surface area contributed by atoms with Gasteiger partial charge < -0.3 is 9.15 Å². The van der Waals surface area contributed by atoms with Crippen molar-refractivity contribution in [2.75, 3.05) is 0 Å². The third kappa shape index (κ3) is 4.27. The number of rotatable bonds is 6. The minimum absolute atomic E-state index is 0.0516. The van der Waals surface area contributed by atoms with E-state index in [1.54, 1.807) is 18.2 Å². The van der Waals surface area contributed by atoms with Gasteiger partial charge in [0.15, 0.2) is 5.76 Å². The molecular weight excluding hydrogens is 316 g/mol. The first-order valence-electron chi connectivity index (χ1n) is 8.68. The Morgan fingerprint density at radius 3 is 2.48 bits per heavy atom. The van der Waals surface area contributed by atoms with Gasteiger partial charge in [0.2, 0.25) is 5.78 Å². The Labute approximate surface area is 147 Å². The van der Waals surface area contributed by atoms with E-state index in [0.717, 1.165) is 37.7 Å². The van der Waals surface area contributed by atoms with Gasteiger partial charge in [-0.1, -0.05) is 55.7 Å². The van der Waals surface area contributed by atoms with Crippen LogP contribution in [0.3, 0.4) is 0 Å². The second-order valence-electron chi connectivity index (χ2n) is 6.45. The fourth-order valence-electron chi connectivity index (χ4n) is 3.31. The summed E-state index contributed by atoms with van der Waals surface area (Å²) < 4.78 is 10.6. The van der Waals surface area contributed by atoms with Gasteiger partial charge in [0, 0.05) is 6.08 Å². The van der Waals surface area contributed by atoms with Gasteiger partial charge >= 0.3 is 5.97 Å². The molecule has 25 heavy (non-hydrogen) atoms. The summed E-state index contributed by atoms with van der Waals surface area (Å²) in [5.74, 6) is -0.130. The standard InChI is InChI=1S/C21H22O4/c22-19(25-16-17-8-3-1-4-9-17)11-14-21(12-5-2-6-13-21)20(23)18-10-7-15-24-18/h1,3-4,7-11,14-15H,2,5-6,12-13,16H2/b14-11+. The summed E-state index contributed by atoms with van der Waals surface area (Å²) in [5, 5.41) is 0. The first-order chi connectivity index (χ1) is 12.2. The fourth-order valence-corrected chi connectivity index (χ4v) is 3.31. The van der Waals surface area contributed by atoms with E-state index in [0.29, 0.717) is 5.76 Å². The maximum Gasteiger partial charge on any atom is 0.330 e. The molecule has 0 atom stereocenters. The number of Topliss-reactive ketones (excluding diaryl/α,β-unsaturated/α-hetero) is 1. The molecule has 130 valence electrons. The largest absolute Gasteiger partial charge is 0.461 e. The van der Waals surface area contributed by atoms with Crippen molar-refractivity contribution < 1.29 is 18.7 Å². The van der Waals surface area contributed by atoms with E-state index in [1.807, 2.05) is 30.3 Å². The number of hydrogen-bond donors (Lipinski definition) is 0. The van der Waals surface area contributed by atoms with Gasteiger partial charge in [-0.15, -0.1) is 0 Å². The van der Waals surface area contributed by atoms with Crippen molar-refractivity contribution in [1.82, 2.24) is 0 Å². The smallest absolute Gasteiger partial charge is 0.330 e. The summed E-state index contributed by atoms with van der Waals surface area (Å²) in [4.78, 5) is 24.9. The van der Waals surface area contributed by atoms with Gasteiger partial charge in [-0.05, 0) is 30.5 Å². The summed E-state index contributed by atoms with van der Waals surface area (Å²) in [6, 6.07) is 12.9. The molecule has 1 aromatic heterocycles. The first-order valence-corrected chi connectivity index (χ1v) is 8.68. The highest BCUT2D eigenvalue weighted by atomic mass is 16.5. The van der Waals surface area contributed by atoms with E-state index in [-0.39, 0.29) is 12.4 Å². The maximum absolute atomic E-state index is 12.9. The van der Waals surface area contributed by atoms with Gasteiger partial charge in [-0.25, -0.2) is 4.79 Å². The van der Waals surface area contributed by atoms with Crippen molar-refractivity contribution in [3.05, 3.63) is 72.2 Å². The lowest BCUT2D eigenvalue weighted by Crippen LogP contribution is -2.31. The van der Waals surface area contributed by atoms with Crippen LogP contribution in [0.5, 0.6) is 0 Å². The van der Waals surface area contributed by atoms with Crippen molar-refractivity contribution in [3.63, 3.8) is 0 Å². The Bertz CT molecular complexity index is 723. The molecule has 0 unspecified atom stereocenters. The number of benzene rings is 1. The van der Waals surface area contributed by atoms with Crippen LogP contribution in [-0.2, 0) is 16.1 Å². The van der Waals surface area contributed by atoms with Crippen LogP contribution in [0, 0.1) is 5.41 Å². The van der Waals surface area contributed by atoms with Crippen molar-refractivity contribution in [3.8, 4) is 0 Å². The number of carbonyl (C=O) groups is 2. The molecule has 1 fully saturated rings. The molecule has 1 aliphatic rings. The Morgan fingerprint density at radius 2 is 1.80 bits per heavy atom. The summed E-state index contributed by atoms with van der Waals surface area (Å²) >= 11 is 0. The zero-order chi connectivity index (χ0) is 17.5. The van der Waals surface area contributed by atoms with Crippen molar-refractivity contribution in [1.29, 1.82) is 0 Å². The van der Waals surface area contributed by atoms with E-state index < -0.39 is 11.4 Å². The minimum Gasteiger partial charge on any atom is -0.461 e. The number of ether oxygens (including phenoxy) is 1. The Morgan fingerprint density at radius 1 is 1.04 bits per heavy atom. The van der Waals surface area contributed by atoms with E-state index in [9.17, 15) is 9.59 Å². The number of ketones is 1. The Balaban J connectivity index is 1.68. The Hall–Kier alpha value is -2.62. The van der Waals surface area contributed by atoms with E-state index in [1.165, 1.54) is 12.3 Å². The first kappa shape index (κ1) is 17.2. The topological polar surface area (TPSA) is 56.5 Å². The molecule has 1 saturated carbocycles. The highest BCUT2D eigenvalue weighted by Gasteiger charge is 2.39. The van der Waals surface area contributed by atoms with Crippen molar-refractivity contribution in [2.24, 2.45) is 5.41 Å². The second kappa shape index (κ2) is 7.97. The Kier molecular flexibility index (Phi) is 5.49. The lowest BCUT2D eigenvalue weighted by molar-refractivity contribution is -0.139. The molecule has 4 nitrogen and oxygen atoms in total. The third-order valence-corrected chi connectivity index (χ3v) is 4.71. The van der Waals surface area contributed by atoms with Gasteiger partial charge in [0.05, 0.1) is 11.7 Å². The highest BCUT2D eigenvalue weighted by Crippen LogP contribution is 2.40. The SMILES string of the molecule is O=C(/C=C/C1(C(=O)c2ccco2)CCCCC1)OCc1ccccc1. The van der Waals surface area contributed by atoms with E-state index in [2.05, 4.69) is 0 Å². The number of allylic oxidation sites excluding steroid dienone is 1. The normalized spacial score (nSPS) is 16.6. The predicted molar refractivity (Wildman–Crippen MR) is 93.9 cm³/mol. The molecule has 0 spiro atoms. The summed E-state index contributed by atoms with van der Waals surface area (Å²) in [5.41, 5.74) is 0.269. The number of hydrogen-bond acceptors (Lipinski definition) is 4. The predicted octanol–water partition coefficient (Wildman–Crippen LogP) is 4.71. The molecule has 3 rings (SSSR count). The van der Waals surface area contributed by atoms with E-state index >= 15 is 0 Å². The molecule has 1 aromatic carbocycles. The molecule has 4 heteroatoms. The van der Waals surface area contributed by atoms with E-state index in [4.69, 9.17) is 9.15 Å². The van der Waals surface area contributed by atoms with Crippen LogP contribution >= 0.6 is 0 Å². The van der Waals surface area contributed by atoms with Crippen LogP contribution in [0.25, 0.3) is 0 Å². The van der Waals surface area contributed by atoms with Gasteiger partial charge in [-0.2, -0.15) is 0 Å². The van der Waals surface area contributed by atoms with Crippen LogP contribution in [0.4, 0.5) is 0 Å². The van der Waals surface area contributed by atoms with Crippen LogP contribution in [0.1, 0.15) is 48.2 Å². The average Bonchev–Trinajstić information content (AvgIpc) is 3.20. The number of carbonyl (C=O) groups excluding carboxylic acids is 2. The molecule has 0 amide bonds. The zero-order valence-corrected chi connectivity index (χ0v) is 14.1. The molecule has 1 heterocycles. The molecule has 0 radical (unpaired) electrons. The second-order valence-corrected chi connectivity index (χ2v) is 6.45. The number of furan rings is 1. The molecule has 1 aliphatic carbocycles. The van der Waals surface area contributed by atoms with Gasteiger partial charge in [0.1, 0.15) is 6.61 Å². The van der Waals surface area contributed by atoms with Gasteiger partial charge in [-0.3, -0.25) is 4.79 Å². The van der Waals surface area contributed by atoms with Gasteiger partial charge in [0.25, 0.3) is 0 Å².